The number of benzene rings is 1. The molecule has 0 bridgehead atoms. The van der Waals surface area contributed by atoms with E-state index in [9.17, 15) is 4.79 Å². The third-order valence-electron chi connectivity index (χ3n) is 4.57. The molecule has 0 unspecified atom stereocenters. The van der Waals surface area contributed by atoms with Crippen LogP contribution in [0.1, 0.15) is 43.7 Å². The monoisotopic (exact) mass is 318 g/mol. The molecular formula is C19H30N2O2. The zero-order valence-corrected chi connectivity index (χ0v) is 14.7. The summed E-state index contributed by atoms with van der Waals surface area (Å²) < 4.78 is 5.87. The van der Waals surface area contributed by atoms with Crippen LogP contribution in [0.15, 0.2) is 18.2 Å². The van der Waals surface area contributed by atoms with Gasteiger partial charge in [0.15, 0.2) is 6.10 Å². The molecular weight excluding hydrogens is 288 g/mol. The van der Waals surface area contributed by atoms with Gasteiger partial charge in [-0.15, -0.1) is 0 Å². The Labute approximate surface area is 140 Å². The van der Waals surface area contributed by atoms with Gasteiger partial charge in [0.25, 0.3) is 5.91 Å². The smallest absolute Gasteiger partial charge is 0.261 e. The largest absolute Gasteiger partial charge is 0.481 e. The van der Waals surface area contributed by atoms with Crippen molar-refractivity contribution in [2.75, 3.05) is 26.2 Å². The fourth-order valence-corrected chi connectivity index (χ4v) is 2.91. The van der Waals surface area contributed by atoms with Crippen LogP contribution in [0.2, 0.25) is 0 Å². The summed E-state index contributed by atoms with van der Waals surface area (Å²) in [5, 5.41) is 3.01. The number of hydrogen-bond acceptors (Lipinski definition) is 3. The predicted molar refractivity (Wildman–Crippen MR) is 93.9 cm³/mol. The van der Waals surface area contributed by atoms with Gasteiger partial charge in [-0.1, -0.05) is 13.0 Å². The molecule has 1 fully saturated rings. The molecule has 0 spiro atoms. The van der Waals surface area contributed by atoms with E-state index in [4.69, 9.17) is 4.74 Å². The number of aryl methyl sites for hydroxylation is 2. The van der Waals surface area contributed by atoms with Crippen LogP contribution < -0.4 is 10.1 Å². The number of nitrogens with zero attached hydrogens (tertiary/aromatic N) is 1. The molecule has 0 aliphatic carbocycles. The van der Waals surface area contributed by atoms with E-state index in [2.05, 4.69) is 24.1 Å². The topological polar surface area (TPSA) is 41.6 Å². The predicted octanol–water partition coefficient (Wildman–Crippen LogP) is 3.06. The molecule has 1 aliphatic rings. The van der Waals surface area contributed by atoms with Gasteiger partial charge < -0.3 is 15.0 Å². The van der Waals surface area contributed by atoms with Crippen molar-refractivity contribution in [1.82, 2.24) is 10.2 Å². The van der Waals surface area contributed by atoms with Crippen molar-refractivity contribution in [2.45, 2.75) is 52.6 Å². The number of amides is 1. The first kappa shape index (κ1) is 17.8. The number of carbonyl (C=O) groups excluding carboxylic acids is 1. The summed E-state index contributed by atoms with van der Waals surface area (Å²) in [7, 11) is 0. The molecule has 1 amide bonds. The Morgan fingerprint density at radius 2 is 2.00 bits per heavy atom. The zero-order valence-electron chi connectivity index (χ0n) is 14.7. The maximum absolute atomic E-state index is 12.3. The number of rotatable bonds is 8. The standard InChI is InChI=1S/C19H30N2O2/c1-4-18(23-17-9-8-15(2)16(3)14-17)19(22)20-10-7-13-21-11-5-6-12-21/h8-9,14,18H,4-7,10-13H2,1-3H3,(H,20,22)/t18-/m1/s1. The molecule has 0 aromatic heterocycles. The second-order valence-electron chi connectivity index (χ2n) is 6.45. The SMILES string of the molecule is CC[C@@H](Oc1ccc(C)c(C)c1)C(=O)NCCCN1CCCC1. The Bertz CT molecular complexity index is 510. The highest BCUT2D eigenvalue weighted by molar-refractivity contribution is 5.81. The molecule has 1 aromatic rings. The van der Waals surface area contributed by atoms with Crippen molar-refractivity contribution in [3.63, 3.8) is 0 Å². The second kappa shape index (κ2) is 8.92. The molecule has 128 valence electrons. The van der Waals surface area contributed by atoms with E-state index in [1.807, 2.05) is 25.1 Å². The normalized spacial score (nSPS) is 16.3. The Kier molecular flexibility index (Phi) is 6.90. The lowest BCUT2D eigenvalue weighted by molar-refractivity contribution is -0.128. The molecule has 0 saturated carbocycles. The molecule has 4 nitrogen and oxygen atoms in total. The van der Waals surface area contributed by atoms with E-state index in [1.165, 1.54) is 37.1 Å². The van der Waals surface area contributed by atoms with Gasteiger partial charge in [-0.3, -0.25) is 4.79 Å². The van der Waals surface area contributed by atoms with Gasteiger partial charge in [0.05, 0.1) is 0 Å². The van der Waals surface area contributed by atoms with E-state index in [-0.39, 0.29) is 5.91 Å². The van der Waals surface area contributed by atoms with Crippen molar-refractivity contribution in [1.29, 1.82) is 0 Å². The van der Waals surface area contributed by atoms with Crippen LogP contribution in [0.4, 0.5) is 0 Å². The minimum absolute atomic E-state index is 0.00727. The van der Waals surface area contributed by atoms with E-state index >= 15 is 0 Å². The van der Waals surface area contributed by atoms with Crippen LogP contribution in [0.5, 0.6) is 5.75 Å². The third kappa shape index (κ3) is 5.54. The molecule has 1 aromatic carbocycles. The van der Waals surface area contributed by atoms with E-state index in [1.54, 1.807) is 0 Å². The van der Waals surface area contributed by atoms with Gasteiger partial charge in [0, 0.05) is 6.54 Å². The van der Waals surface area contributed by atoms with Crippen molar-refractivity contribution < 1.29 is 9.53 Å². The first-order chi connectivity index (χ1) is 11.1. The Hall–Kier alpha value is -1.55. The summed E-state index contributed by atoms with van der Waals surface area (Å²) >= 11 is 0. The minimum Gasteiger partial charge on any atom is -0.481 e. The molecule has 1 atom stereocenters. The minimum atomic E-state index is -0.413. The van der Waals surface area contributed by atoms with E-state index in [0.717, 1.165) is 25.3 Å². The van der Waals surface area contributed by atoms with Crippen LogP contribution in [-0.4, -0.2) is 43.1 Å². The molecule has 1 N–H and O–H groups in total. The number of likely N-dealkylation sites (tertiary alicyclic amines) is 1. The average Bonchev–Trinajstić information content (AvgIpc) is 3.05. The molecule has 1 aliphatic heterocycles. The van der Waals surface area contributed by atoms with Gasteiger partial charge in [-0.25, -0.2) is 0 Å². The molecule has 4 heteroatoms. The Balaban J connectivity index is 1.75. The summed E-state index contributed by atoms with van der Waals surface area (Å²) in [6.07, 6.45) is 3.89. The lowest BCUT2D eigenvalue weighted by atomic mass is 10.1. The average molecular weight is 318 g/mol. The van der Waals surface area contributed by atoms with Crippen LogP contribution in [0.25, 0.3) is 0 Å². The lowest BCUT2D eigenvalue weighted by Gasteiger charge is -2.19. The van der Waals surface area contributed by atoms with Crippen molar-refractivity contribution in [3.8, 4) is 5.75 Å². The number of nitrogens with one attached hydrogen (secondary N) is 1. The fourth-order valence-electron chi connectivity index (χ4n) is 2.91. The van der Waals surface area contributed by atoms with Crippen LogP contribution in [0.3, 0.4) is 0 Å². The van der Waals surface area contributed by atoms with Gasteiger partial charge in [-0.05, 0) is 82.4 Å². The summed E-state index contributed by atoms with van der Waals surface area (Å²) in [4.78, 5) is 14.7. The Morgan fingerprint density at radius 3 is 2.65 bits per heavy atom. The van der Waals surface area contributed by atoms with Crippen LogP contribution in [0, 0.1) is 13.8 Å². The maximum Gasteiger partial charge on any atom is 0.261 e. The van der Waals surface area contributed by atoms with Gasteiger partial charge in [-0.2, -0.15) is 0 Å². The fraction of sp³-hybridized carbons (Fsp3) is 0.632. The molecule has 23 heavy (non-hydrogen) atoms. The summed E-state index contributed by atoms with van der Waals surface area (Å²) in [5.41, 5.74) is 2.42. The van der Waals surface area contributed by atoms with Gasteiger partial charge in [0.2, 0.25) is 0 Å². The van der Waals surface area contributed by atoms with Crippen LogP contribution in [-0.2, 0) is 4.79 Å². The molecule has 1 saturated heterocycles. The Morgan fingerprint density at radius 1 is 1.26 bits per heavy atom. The highest BCUT2D eigenvalue weighted by Gasteiger charge is 2.18. The first-order valence-electron chi connectivity index (χ1n) is 8.84. The highest BCUT2D eigenvalue weighted by atomic mass is 16.5. The number of ether oxygens (including phenoxy) is 1. The summed E-state index contributed by atoms with van der Waals surface area (Å²) in [5.74, 6) is 0.763. The van der Waals surface area contributed by atoms with Crippen molar-refractivity contribution in [3.05, 3.63) is 29.3 Å². The van der Waals surface area contributed by atoms with E-state index < -0.39 is 6.10 Å². The van der Waals surface area contributed by atoms with Crippen LogP contribution >= 0.6 is 0 Å². The molecule has 2 rings (SSSR count). The van der Waals surface area contributed by atoms with Gasteiger partial charge in [0.1, 0.15) is 5.75 Å². The number of hydrogen-bond donors (Lipinski definition) is 1. The lowest BCUT2D eigenvalue weighted by Crippen LogP contribution is -2.39. The third-order valence-corrected chi connectivity index (χ3v) is 4.57. The van der Waals surface area contributed by atoms with Crippen molar-refractivity contribution in [2.24, 2.45) is 0 Å². The first-order valence-corrected chi connectivity index (χ1v) is 8.84. The van der Waals surface area contributed by atoms with Crippen molar-refractivity contribution >= 4 is 5.91 Å². The second-order valence-corrected chi connectivity index (χ2v) is 6.45. The zero-order chi connectivity index (χ0) is 16.7. The molecule has 1 heterocycles. The molecule has 0 radical (unpaired) electrons. The summed E-state index contributed by atoms with van der Waals surface area (Å²) in [6.45, 7) is 10.3. The number of carbonyl (C=O) groups is 1. The highest BCUT2D eigenvalue weighted by Crippen LogP contribution is 2.18. The van der Waals surface area contributed by atoms with E-state index in [0.29, 0.717) is 6.42 Å². The van der Waals surface area contributed by atoms with Gasteiger partial charge >= 0.3 is 0 Å². The maximum atomic E-state index is 12.3. The summed E-state index contributed by atoms with van der Waals surface area (Å²) in [6, 6.07) is 5.97. The quantitative estimate of drug-likeness (QED) is 0.749.